The van der Waals surface area contributed by atoms with Gasteiger partial charge in [-0.25, -0.2) is 9.59 Å². The number of unbranched alkanes of at least 4 members (excludes halogenated alkanes) is 5. The molecule has 0 spiro atoms. The number of esters is 1. The van der Waals surface area contributed by atoms with E-state index in [1.807, 2.05) is 36.4 Å². The number of carbonyl (C=O) groups excluding carboxylic acids is 1. The molecule has 0 heterocycles. The van der Waals surface area contributed by atoms with Gasteiger partial charge >= 0.3 is 11.9 Å². The molecule has 2 rings (SSSR count). The maximum Gasteiger partial charge on any atom is 0.335 e. The van der Waals surface area contributed by atoms with Crippen molar-refractivity contribution in [3.8, 4) is 16.9 Å². The highest BCUT2D eigenvalue weighted by atomic mass is 16.5. The van der Waals surface area contributed by atoms with Gasteiger partial charge in [0.05, 0.1) is 18.8 Å². The highest BCUT2D eigenvalue weighted by molar-refractivity contribution is 5.88. The summed E-state index contributed by atoms with van der Waals surface area (Å²) in [4.78, 5) is 21.8. The molecule has 0 aromatic heterocycles. The third kappa shape index (κ3) is 8.21. The number of aromatic carboxylic acids is 1. The van der Waals surface area contributed by atoms with Crippen molar-refractivity contribution in [2.75, 3.05) is 13.2 Å². The lowest BCUT2D eigenvalue weighted by atomic mass is 10.0. The number of carboxylic acid groups (broad SMARTS) is 1. The highest BCUT2D eigenvalue weighted by Crippen LogP contribution is 2.23. The second kappa shape index (κ2) is 12.4. The monoisotopic (exact) mass is 396 g/mol. The molecule has 29 heavy (non-hydrogen) atoms. The Hall–Kier alpha value is -3.08. The van der Waals surface area contributed by atoms with Crippen LogP contribution in [0.15, 0.2) is 61.2 Å². The SMILES string of the molecule is C=CC(=O)OCCCCCCCCOc1ccc(-c2ccc(C(=O)O)cc2)cc1. The lowest BCUT2D eigenvalue weighted by Gasteiger charge is -2.08. The van der Waals surface area contributed by atoms with E-state index in [2.05, 4.69) is 6.58 Å². The highest BCUT2D eigenvalue weighted by Gasteiger charge is 2.03. The number of carbonyl (C=O) groups is 2. The van der Waals surface area contributed by atoms with Gasteiger partial charge in [0.15, 0.2) is 0 Å². The Kier molecular flexibility index (Phi) is 9.49. The van der Waals surface area contributed by atoms with E-state index in [1.54, 1.807) is 12.1 Å². The lowest BCUT2D eigenvalue weighted by Crippen LogP contribution is -2.01. The summed E-state index contributed by atoms with van der Waals surface area (Å²) in [5.74, 6) is -0.444. The second-order valence-electron chi connectivity index (χ2n) is 6.75. The molecule has 0 saturated carbocycles. The Bertz CT molecular complexity index is 778. The van der Waals surface area contributed by atoms with E-state index in [9.17, 15) is 9.59 Å². The summed E-state index contributed by atoms with van der Waals surface area (Å²) in [6.07, 6.45) is 7.52. The fourth-order valence-electron chi connectivity index (χ4n) is 2.88. The zero-order valence-corrected chi connectivity index (χ0v) is 16.6. The zero-order valence-electron chi connectivity index (χ0n) is 16.6. The molecular weight excluding hydrogens is 368 g/mol. The maximum atomic E-state index is 10.9. The predicted molar refractivity (Wildman–Crippen MR) is 113 cm³/mol. The number of rotatable bonds is 13. The molecule has 0 aliphatic rings. The molecule has 5 heteroatoms. The minimum absolute atomic E-state index is 0.282. The van der Waals surface area contributed by atoms with Crippen LogP contribution in [0.25, 0.3) is 11.1 Å². The van der Waals surface area contributed by atoms with Gasteiger partial charge in [-0.1, -0.05) is 56.5 Å². The van der Waals surface area contributed by atoms with Gasteiger partial charge in [0, 0.05) is 6.08 Å². The van der Waals surface area contributed by atoms with Gasteiger partial charge in [-0.2, -0.15) is 0 Å². The first kappa shape index (κ1) is 22.2. The molecule has 0 atom stereocenters. The van der Waals surface area contributed by atoms with Crippen molar-refractivity contribution in [3.63, 3.8) is 0 Å². The molecule has 0 aliphatic heterocycles. The van der Waals surface area contributed by atoms with Crippen LogP contribution in [0.2, 0.25) is 0 Å². The van der Waals surface area contributed by atoms with Gasteiger partial charge in [0.25, 0.3) is 0 Å². The van der Waals surface area contributed by atoms with Crippen LogP contribution in [0.5, 0.6) is 5.75 Å². The lowest BCUT2D eigenvalue weighted by molar-refractivity contribution is -0.137. The van der Waals surface area contributed by atoms with Crippen LogP contribution in [0.3, 0.4) is 0 Å². The van der Waals surface area contributed by atoms with Gasteiger partial charge < -0.3 is 14.6 Å². The van der Waals surface area contributed by atoms with Crippen molar-refractivity contribution in [2.45, 2.75) is 38.5 Å². The summed E-state index contributed by atoms with van der Waals surface area (Å²) < 4.78 is 10.7. The Morgan fingerprint density at radius 1 is 0.793 bits per heavy atom. The molecule has 0 radical (unpaired) electrons. The average Bonchev–Trinajstić information content (AvgIpc) is 2.75. The summed E-state index contributed by atoms with van der Waals surface area (Å²) in [6.45, 7) is 4.51. The van der Waals surface area contributed by atoms with Crippen LogP contribution in [0, 0.1) is 0 Å². The number of benzene rings is 2. The van der Waals surface area contributed by atoms with Gasteiger partial charge in [0.1, 0.15) is 5.75 Å². The zero-order chi connectivity index (χ0) is 20.9. The smallest absolute Gasteiger partial charge is 0.335 e. The van der Waals surface area contributed by atoms with Crippen molar-refractivity contribution >= 4 is 11.9 Å². The fourth-order valence-corrected chi connectivity index (χ4v) is 2.88. The van der Waals surface area contributed by atoms with Gasteiger partial charge in [-0.05, 0) is 48.2 Å². The van der Waals surface area contributed by atoms with Crippen LogP contribution < -0.4 is 4.74 Å². The molecule has 0 unspecified atom stereocenters. The summed E-state index contributed by atoms with van der Waals surface area (Å²) in [5, 5.41) is 8.96. The first-order chi connectivity index (χ1) is 14.1. The van der Waals surface area contributed by atoms with Crippen molar-refractivity contribution < 1.29 is 24.2 Å². The van der Waals surface area contributed by atoms with E-state index in [-0.39, 0.29) is 11.5 Å². The largest absolute Gasteiger partial charge is 0.494 e. The van der Waals surface area contributed by atoms with Crippen molar-refractivity contribution in [2.24, 2.45) is 0 Å². The van der Waals surface area contributed by atoms with Crippen molar-refractivity contribution in [1.29, 1.82) is 0 Å². The predicted octanol–water partition coefficient (Wildman–Crippen LogP) is 5.50. The van der Waals surface area contributed by atoms with Crippen LogP contribution in [-0.4, -0.2) is 30.3 Å². The Morgan fingerprint density at radius 2 is 1.31 bits per heavy atom. The van der Waals surface area contributed by atoms with E-state index in [0.29, 0.717) is 13.2 Å². The van der Waals surface area contributed by atoms with E-state index < -0.39 is 5.97 Å². The topological polar surface area (TPSA) is 72.8 Å². The first-order valence-electron chi connectivity index (χ1n) is 9.96. The number of hydrogen-bond donors (Lipinski definition) is 1. The molecule has 1 N–H and O–H groups in total. The Balaban J connectivity index is 1.59. The van der Waals surface area contributed by atoms with E-state index in [4.69, 9.17) is 14.6 Å². The summed E-state index contributed by atoms with van der Waals surface area (Å²) >= 11 is 0. The molecule has 0 aliphatic carbocycles. The minimum Gasteiger partial charge on any atom is -0.494 e. The first-order valence-corrected chi connectivity index (χ1v) is 9.96. The molecular formula is C24H28O5. The summed E-state index contributed by atoms with van der Waals surface area (Å²) in [6, 6.07) is 14.7. The molecule has 0 bridgehead atoms. The molecule has 5 nitrogen and oxygen atoms in total. The number of hydrogen-bond acceptors (Lipinski definition) is 4. The Labute approximate surface area is 172 Å². The molecule has 0 saturated heterocycles. The maximum absolute atomic E-state index is 10.9. The third-order valence-corrected chi connectivity index (χ3v) is 4.54. The summed E-state index contributed by atoms with van der Waals surface area (Å²) in [7, 11) is 0. The number of ether oxygens (including phenoxy) is 2. The van der Waals surface area contributed by atoms with Gasteiger partial charge in [-0.15, -0.1) is 0 Å². The molecule has 0 amide bonds. The quantitative estimate of drug-likeness (QED) is 0.275. The molecule has 154 valence electrons. The van der Waals surface area contributed by atoms with Gasteiger partial charge in [0.2, 0.25) is 0 Å². The van der Waals surface area contributed by atoms with Gasteiger partial charge in [-0.3, -0.25) is 0 Å². The van der Waals surface area contributed by atoms with E-state index in [1.165, 1.54) is 6.08 Å². The summed E-state index contributed by atoms with van der Waals surface area (Å²) in [5.41, 5.74) is 2.28. The average molecular weight is 396 g/mol. The van der Waals surface area contributed by atoms with E-state index >= 15 is 0 Å². The fraction of sp³-hybridized carbons (Fsp3) is 0.333. The normalized spacial score (nSPS) is 10.3. The molecule has 2 aromatic rings. The number of carboxylic acids is 1. The molecule has 2 aromatic carbocycles. The standard InChI is InChI=1S/C24H28O5/c1-2-23(25)29-18-8-6-4-3-5-7-17-28-22-15-13-20(14-16-22)19-9-11-21(12-10-19)24(26)27/h2,9-16H,1,3-8,17-18H2,(H,26,27). The van der Waals surface area contributed by atoms with Crippen LogP contribution >= 0.6 is 0 Å². The minimum atomic E-state index is -0.922. The van der Waals surface area contributed by atoms with Crippen LogP contribution in [0.1, 0.15) is 48.9 Å². The second-order valence-corrected chi connectivity index (χ2v) is 6.75. The van der Waals surface area contributed by atoms with Crippen LogP contribution in [0.4, 0.5) is 0 Å². The Morgan fingerprint density at radius 3 is 1.86 bits per heavy atom. The van der Waals surface area contributed by atoms with Crippen molar-refractivity contribution in [3.05, 3.63) is 66.7 Å². The van der Waals surface area contributed by atoms with Crippen LogP contribution in [-0.2, 0) is 9.53 Å². The molecule has 0 fully saturated rings. The van der Waals surface area contributed by atoms with E-state index in [0.717, 1.165) is 55.4 Å². The van der Waals surface area contributed by atoms with Crippen molar-refractivity contribution in [1.82, 2.24) is 0 Å². The third-order valence-electron chi connectivity index (χ3n) is 4.54.